The lowest BCUT2D eigenvalue weighted by Gasteiger charge is -2.11. The quantitative estimate of drug-likeness (QED) is 0.487. The van der Waals surface area contributed by atoms with E-state index in [1.165, 1.54) is 12.3 Å². The number of hydrogen-bond acceptors (Lipinski definition) is 6. The maximum Gasteiger partial charge on any atom is 0.311 e. The van der Waals surface area contributed by atoms with Gasteiger partial charge in [0, 0.05) is 27.7 Å². The molecule has 1 aromatic carbocycles. The van der Waals surface area contributed by atoms with Gasteiger partial charge in [0.05, 0.1) is 16.7 Å². The highest BCUT2D eigenvalue weighted by molar-refractivity contribution is 7.12. The topological polar surface area (TPSA) is 81.0 Å². The number of aryl methyl sites for hydroxylation is 1. The third-order valence-corrected chi connectivity index (χ3v) is 5.04. The maximum atomic E-state index is 11.1. The summed E-state index contributed by atoms with van der Waals surface area (Å²) >= 11 is 7.49. The van der Waals surface area contributed by atoms with Crippen LogP contribution in [0.5, 0.6) is 0 Å². The molecule has 0 saturated heterocycles. The number of nitrogens with zero attached hydrogens (tertiary/aromatic N) is 3. The zero-order valence-electron chi connectivity index (χ0n) is 13.6. The molecule has 0 aliphatic heterocycles. The van der Waals surface area contributed by atoms with Crippen LogP contribution in [0.2, 0.25) is 5.02 Å². The van der Waals surface area contributed by atoms with Crippen LogP contribution in [-0.4, -0.2) is 14.9 Å². The molecule has 0 aliphatic rings. The van der Waals surface area contributed by atoms with Gasteiger partial charge in [0.15, 0.2) is 0 Å². The molecule has 0 amide bonds. The number of nitrogens with one attached hydrogen (secondary N) is 1. The van der Waals surface area contributed by atoms with E-state index in [2.05, 4.69) is 10.3 Å². The molecule has 3 rings (SSSR count). The molecule has 0 bridgehead atoms. The second-order valence-corrected chi connectivity index (χ2v) is 7.13. The van der Waals surface area contributed by atoms with E-state index >= 15 is 0 Å². The smallest absolute Gasteiger partial charge is 0.311 e. The van der Waals surface area contributed by atoms with Crippen molar-refractivity contribution >= 4 is 34.4 Å². The summed E-state index contributed by atoms with van der Waals surface area (Å²) < 4.78 is 0. The largest absolute Gasteiger partial charge is 0.355 e. The van der Waals surface area contributed by atoms with Gasteiger partial charge in [-0.1, -0.05) is 23.7 Å². The molecule has 0 spiro atoms. The van der Waals surface area contributed by atoms with Gasteiger partial charge in [0.1, 0.15) is 5.01 Å². The molecule has 0 radical (unpaired) electrons. The lowest BCUT2D eigenvalue weighted by atomic mass is 10.1. The van der Waals surface area contributed by atoms with Gasteiger partial charge in [-0.2, -0.15) is 0 Å². The zero-order chi connectivity index (χ0) is 18.0. The Morgan fingerprint density at radius 1 is 1.28 bits per heavy atom. The predicted octanol–water partition coefficient (Wildman–Crippen LogP) is 5.25. The van der Waals surface area contributed by atoms with Crippen LogP contribution in [0.25, 0.3) is 11.3 Å². The van der Waals surface area contributed by atoms with Crippen molar-refractivity contribution in [3.8, 4) is 11.3 Å². The van der Waals surface area contributed by atoms with Gasteiger partial charge in [-0.05, 0) is 32.0 Å². The molecular formula is C17H15ClN4O2S. The van der Waals surface area contributed by atoms with E-state index in [0.29, 0.717) is 5.02 Å². The van der Waals surface area contributed by atoms with E-state index in [1.807, 2.05) is 38.1 Å². The van der Waals surface area contributed by atoms with Gasteiger partial charge >= 0.3 is 5.69 Å². The molecule has 3 aromatic rings. The number of aromatic nitrogens is 2. The first-order valence-electron chi connectivity index (χ1n) is 7.55. The fraction of sp³-hybridized carbons (Fsp3) is 0.176. The van der Waals surface area contributed by atoms with E-state index in [1.54, 1.807) is 17.4 Å². The van der Waals surface area contributed by atoms with Crippen LogP contribution in [-0.2, 0) is 0 Å². The Hall–Kier alpha value is -2.51. The average molecular weight is 375 g/mol. The Labute approximate surface area is 153 Å². The van der Waals surface area contributed by atoms with E-state index in [9.17, 15) is 10.1 Å². The normalized spacial score (nSPS) is 12.0. The molecule has 2 heterocycles. The van der Waals surface area contributed by atoms with Gasteiger partial charge < -0.3 is 5.32 Å². The summed E-state index contributed by atoms with van der Waals surface area (Å²) in [6, 6.07) is 10.3. The Morgan fingerprint density at radius 2 is 2.00 bits per heavy atom. The van der Waals surface area contributed by atoms with Crippen LogP contribution in [0, 0.1) is 17.0 Å². The summed E-state index contributed by atoms with van der Waals surface area (Å²) in [4.78, 5) is 20.5. The van der Waals surface area contributed by atoms with Gasteiger partial charge in [-0.25, -0.2) is 9.97 Å². The van der Waals surface area contributed by atoms with E-state index in [0.717, 1.165) is 21.1 Å². The average Bonchev–Trinajstić information content (AvgIpc) is 2.98. The van der Waals surface area contributed by atoms with E-state index in [4.69, 9.17) is 16.6 Å². The highest BCUT2D eigenvalue weighted by Gasteiger charge is 2.20. The first kappa shape index (κ1) is 17.3. The first-order chi connectivity index (χ1) is 12.0. The van der Waals surface area contributed by atoms with Gasteiger partial charge in [-0.15, -0.1) is 11.3 Å². The first-order valence-corrected chi connectivity index (χ1v) is 8.74. The number of anilines is 1. The fourth-order valence-corrected chi connectivity index (χ4v) is 3.47. The summed E-state index contributed by atoms with van der Waals surface area (Å²) in [6.45, 7) is 3.91. The second-order valence-electron chi connectivity index (χ2n) is 5.46. The Kier molecular flexibility index (Phi) is 4.96. The number of thiazole rings is 1. The Morgan fingerprint density at radius 3 is 2.68 bits per heavy atom. The minimum Gasteiger partial charge on any atom is -0.355 e. The molecule has 0 aliphatic carbocycles. The number of pyridine rings is 1. The van der Waals surface area contributed by atoms with Crippen molar-refractivity contribution in [2.45, 2.75) is 19.9 Å². The van der Waals surface area contributed by atoms with Crippen LogP contribution in [0.4, 0.5) is 11.5 Å². The zero-order valence-corrected chi connectivity index (χ0v) is 15.1. The summed E-state index contributed by atoms with van der Waals surface area (Å²) in [5.41, 5.74) is 1.82. The molecular weight excluding hydrogens is 360 g/mol. The summed E-state index contributed by atoms with van der Waals surface area (Å²) in [7, 11) is 0. The number of benzene rings is 1. The minimum atomic E-state index is -0.450. The molecule has 1 atom stereocenters. The maximum absolute atomic E-state index is 11.1. The molecule has 1 N–H and O–H groups in total. The molecule has 0 saturated carbocycles. The SMILES string of the molecule is Cc1sc(C(C)Nc2ncccc2[N+](=O)[O-])nc1-c1ccc(Cl)cc1. The van der Waals surface area contributed by atoms with Crippen LogP contribution >= 0.6 is 22.9 Å². The van der Waals surface area contributed by atoms with Crippen LogP contribution in [0.3, 0.4) is 0 Å². The minimum absolute atomic E-state index is 0.0550. The monoisotopic (exact) mass is 374 g/mol. The van der Waals surface area contributed by atoms with Gasteiger partial charge in [-0.3, -0.25) is 10.1 Å². The van der Waals surface area contributed by atoms with Crippen molar-refractivity contribution < 1.29 is 4.92 Å². The summed E-state index contributed by atoms with van der Waals surface area (Å²) in [5, 5.41) is 15.7. The number of halogens is 1. The molecule has 25 heavy (non-hydrogen) atoms. The highest BCUT2D eigenvalue weighted by Crippen LogP contribution is 2.33. The van der Waals surface area contributed by atoms with Crippen LogP contribution in [0.15, 0.2) is 42.6 Å². The highest BCUT2D eigenvalue weighted by atomic mass is 35.5. The third kappa shape index (κ3) is 3.78. The van der Waals surface area contributed by atoms with E-state index in [-0.39, 0.29) is 17.5 Å². The third-order valence-electron chi connectivity index (χ3n) is 3.64. The molecule has 1 unspecified atom stereocenters. The predicted molar refractivity (Wildman–Crippen MR) is 100 cm³/mol. The van der Waals surface area contributed by atoms with Crippen molar-refractivity contribution in [2.75, 3.05) is 5.32 Å². The Bertz CT molecular complexity index is 911. The molecule has 128 valence electrons. The van der Waals surface area contributed by atoms with Crippen LogP contribution < -0.4 is 5.32 Å². The van der Waals surface area contributed by atoms with Crippen molar-refractivity contribution in [3.63, 3.8) is 0 Å². The fourth-order valence-electron chi connectivity index (χ4n) is 2.40. The van der Waals surface area contributed by atoms with Crippen molar-refractivity contribution in [3.05, 3.63) is 67.6 Å². The molecule has 0 fully saturated rings. The number of rotatable bonds is 5. The van der Waals surface area contributed by atoms with Crippen molar-refractivity contribution in [1.82, 2.24) is 9.97 Å². The van der Waals surface area contributed by atoms with Crippen LogP contribution in [0.1, 0.15) is 22.9 Å². The van der Waals surface area contributed by atoms with Crippen molar-refractivity contribution in [1.29, 1.82) is 0 Å². The van der Waals surface area contributed by atoms with Gasteiger partial charge in [0.25, 0.3) is 0 Å². The summed E-state index contributed by atoms with van der Waals surface area (Å²) in [6.07, 6.45) is 1.52. The van der Waals surface area contributed by atoms with E-state index < -0.39 is 4.92 Å². The molecule has 8 heteroatoms. The standard InChI is InChI=1S/C17H15ClN4O2S/c1-10(20-16-14(22(23)24)4-3-9-19-16)17-21-15(11(2)25-17)12-5-7-13(18)8-6-12/h3-10H,1-2H3,(H,19,20). The van der Waals surface area contributed by atoms with Gasteiger partial charge in [0.2, 0.25) is 5.82 Å². The lowest BCUT2D eigenvalue weighted by molar-refractivity contribution is -0.384. The number of nitro groups is 1. The number of hydrogen-bond donors (Lipinski definition) is 1. The van der Waals surface area contributed by atoms with Crippen molar-refractivity contribution in [2.24, 2.45) is 0 Å². The second kappa shape index (κ2) is 7.16. The lowest BCUT2D eigenvalue weighted by Crippen LogP contribution is -2.09. The summed E-state index contributed by atoms with van der Waals surface area (Å²) in [5.74, 6) is 0.237. The Balaban J connectivity index is 1.87. The molecule has 6 nitrogen and oxygen atoms in total. The molecule has 2 aromatic heterocycles.